The highest BCUT2D eigenvalue weighted by Crippen LogP contribution is 2.20. The van der Waals surface area contributed by atoms with Crippen LogP contribution in [0.25, 0.3) is 10.2 Å². The van der Waals surface area contributed by atoms with Crippen LogP contribution < -0.4 is 10.9 Å². The van der Waals surface area contributed by atoms with Crippen molar-refractivity contribution in [1.82, 2.24) is 14.9 Å². The summed E-state index contributed by atoms with van der Waals surface area (Å²) in [5, 5.41) is 5.19. The van der Waals surface area contributed by atoms with Gasteiger partial charge < -0.3 is 10.1 Å². The second-order valence-corrected chi connectivity index (χ2v) is 6.80. The fourth-order valence-electron chi connectivity index (χ4n) is 2.06. The summed E-state index contributed by atoms with van der Waals surface area (Å²) in [5.74, 6) is 0.0668. The van der Waals surface area contributed by atoms with Gasteiger partial charge in [-0.1, -0.05) is 17.8 Å². The molecule has 0 aliphatic heterocycles. The molecule has 0 spiro atoms. The Balaban J connectivity index is 2.15. The third-order valence-electron chi connectivity index (χ3n) is 3.00. The first-order valence-corrected chi connectivity index (χ1v) is 8.93. The Morgan fingerprint density at radius 2 is 2.43 bits per heavy atom. The van der Waals surface area contributed by atoms with Gasteiger partial charge in [0.25, 0.3) is 5.56 Å². The van der Waals surface area contributed by atoms with Crippen molar-refractivity contribution in [3.63, 3.8) is 0 Å². The van der Waals surface area contributed by atoms with Crippen molar-refractivity contribution in [3.05, 3.63) is 34.5 Å². The first kappa shape index (κ1) is 17.7. The topological polar surface area (TPSA) is 73.2 Å². The molecule has 0 saturated carbocycles. The maximum Gasteiger partial charge on any atom is 0.272 e. The van der Waals surface area contributed by atoms with E-state index < -0.39 is 0 Å². The minimum Gasteiger partial charge on any atom is -0.383 e. The lowest BCUT2D eigenvalue weighted by atomic mass is 10.3. The summed E-state index contributed by atoms with van der Waals surface area (Å²) in [6, 6.07) is 1.75. The number of carbonyl (C=O) groups excluding carboxylic acids is 1. The average Bonchev–Trinajstić information content (AvgIpc) is 2.97. The number of aromatic nitrogens is 2. The number of allylic oxidation sites excluding steroid dienone is 1. The summed E-state index contributed by atoms with van der Waals surface area (Å²) < 4.78 is 7.15. The molecule has 1 N–H and O–H groups in total. The van der Waals surface area contributed by atoms with Crippen molar-refractivity contribution in [2.75, 3.05) is 19.5 Å². The van der Waals surface area contributed by atoms with Crippen molar-refractivity contribution in [2.24, 2.45) is 0 Å². The molecule has 124 valence electrons. The van der Waals surface area contributed by atoms with E-state index in [-0.39, 0.29) is 23.3 Å². The molecular formula is C15H19N3O3S2. The molecule has 2 aromatic heterocycles. The van der Waals surface area contributed by atoms with Crippen molar-refractivity contribution in [1.29, 1.82) is 0 Å². The summed E-state index contributed by atoms with van der Waals surface area (Å²) in [4.78, 5) is 28.9. The number of thiophene rings is 1. The Morgan fingerprint density at radius 3 is 3.13 bits per heavy atom. The number of rotatable bonds is 8. The molecule has 0 bridgehead atoms. The lowest BCUT2D eigenvalue weighted by Crippen LogP contribution is -2.36. The van der Waals surface area contributed by atoms with E-state index in [2.05, 4.69) is 16.9 Å². The van der Waals surface area contributed by atoms with Gasteiger partial charge in [-0.3, -0.25) is 14.2 Å². The van der Waals surface area contributed by atoms with E-state index in [0.29, 0.717) is 28.5 Å². The summed E-state index contributed by atoms with van der Waals surface area (Å²) in [6.45, 7) is 6.36. The molecule has 23 heavy (non-hydrogen) atoms. The maximum absolute atomic E-state index is 12.5. The number of nitrogens with zero attached hydrogens (tertiary/aromatic N) is 2. The second-order valence-electron chi connectivity index (χ2n) is 4.95. The van der Waals surface area contributed by atoms with Crippen LogP contribution in [0.15, 0.2) is 34.1 Å². The van der Waals surface area contributed by atoms with Gasteiger partial charge >= 0.3 is 0 Å². The Morgan fingerprint density at radius 1 is 1.65 bits per heavy atom. The zero-order valence-electron chi connectivity index (χ0n) is 13.1. The van der Waals surface area contributed by atoms with Crippen LogP contribution in [0.2, 0.25) is 0 Å². The third-order valence-corrected chi connectivity index (χ3v) is 4.87. The number of hydrogen-bond acceptors (Lipinski definition) is 6. The van der Waals surface area contributed by atoms with Crippen LogP contribution in [0, 0.1) is 0 Å². The van der Waals surface area contributed by atoms with Crippen LogP contribution in [-0.4, -0.2) is 41.0 Å². The number of ether oxygens (including phenoxy) is 1. The zero-order chi connectivity index (χ0) is 16.8. The Bertz CT molecular complexity index is 754. The van der Waals surface area contributed by atoms with Gasteiger partial charge in [0.1, 0.15) is 4.70 Å². The van der Waals surface area contributed by atoms with Crippen molar-refractivity contribution in [3.8, 4) is 0 Å². The van der Waals surface area contributed by atoms with Crippen LogP contribution in [0.1, 0.15) is 6.92 Å². The van der Waals surface area contributed by atoms with Gasteiger partial charge in [-0.25, -0.2) is 4.98 Å². The SMILES string of the molecule is C=CCn1c(SCC(=O)N[C@H](C)COC)nc2ccsc2c1=O. The van der Waals surface area contributed by atoms with E-state index in [1.165, 1.54) is 23.1 Å². The number of thioether (sulfide) groups is 1. The van der Waals surface area contributed by atoms with Gasteiger partial charge in [0.15, 0.2) is 5.16 Å². The van der Waals surface area contributed by atoms with E-state index in [4.69, 9.17) is 4.74 Å². The number of fused-ring (bicyclic) bond motifs is 1. The van der Waals surface area contributed by atoms with Gasteiger partial charge in [-0.05, 0) is 18.4 Å². The molecule has 6 nitrogen and oxygen atoms in total. The molecule has 1 amide bonds. The van der Waals surface area contributed by atoms with E-state index in [1.54, 1.807) is 17.8 Å². The van der Waals surface area contributed by atoms with Crippen LogP contribution in [-0.2, 0) is 16.1 Å². The van der Waals surface area contributed by atoms with E-state index in [1.807, 2.05) is 18.4 Å². The molecule has 2 aromatic rings. The fourth-order valence-corrected chi connectivity index (χ4v) is 3.66. The maximum atomic E-state index is 12.5. The van der Waals surface area contributed by atoms with Gasteiger partial charge in [0.2, 0.25) is 5.91 Å². The number of amides is 1. The average molecular weight is 353 g/mol. The zero-order valence-corrected chi connectivity index (χ0v) is 14.7. The van der Waals surface area contributed by atoms with Crippen molar-refractivity contribution in [2.45, 2.75) is 24.7 Å². The van der Waals surface area contributed by atoms with Crippen LogP contribution in [0.4, 0.5) is 0 Å². The van der Waals surface area contributed by atoms with Gasteiger partial charge in [0, 0.05) is 19.7 Å². The van der Waals surface area contributed by atoms with Crippen molar-refractivity contribution < 1.29 is 9.53 Å². The van der Waals surface area contributed by atoms with Crippen LogP contribution in [0.3, 0.4) is 0 Å². The highest BCUT2D eigenvalue weighted by atomic mass is 32.2. The summed E-state index contributed by atoms with van der Waals surface area (Å²) in [7, 11) is 1.59. The molecule has 0 aliphatic carbocycles. The minimum absolute atomic E-state index is 0.0595. The monoisotopic (exact) mass is 353 g/mol. The smallest absolute Gasteiger partial charge is 0.272 e. The lowest BCUT2D eigenvalue weighted by Gasteiger charge is -2.13. The predicted octanol–water partition coefficient (Wildman–Crippen LogP) is 1.89. The van der Waals surface area contributed by atoms with E-state index in [0.717, 1.165) is 0 Å². The first-order chi connectivity index (χ1) is 11.1. The van der Waals surface area contributed by atoms with Crippen LogP contribution in [0.5, 0.6) is 0 Å². The largest absolute Gasteiger partial charge is 0.383 e. The van der Waals surface area contributed by atoms with Crippen LogP contribution >= 0.6 is 23.1 Å². The predicted molar refractivity (Wildman–Crippen MR) is 94.3 cm³/mol. The molecule has 0 radical (unpaired) electrons. The number of methoxy groups -OCH3 is 1. The first-order valence-electron chi connectivity index (χ1n) is 7.06. The Labute approximate surface area is 142 Å². The molecule has 0 unspecified atom stereocenters. The Kier molecular flexibility index (Phi) is 6.37. The Hall–Kier alpha value is -1.64. The third kappa shape index (κ3) is 4.43. The molecule has 0 saturated heterocycles. The van der Waals surface area contributed by atoms with Crippen molar-refractivity contribution >= 4 is 39.2 Å². The highest BCUT2D eigenvalue weighted by molar-refractivity contribution is 7.99. The summed E-state index contributed by atoms with van der Waals surface area (Å²) in [6.07, 6.45) is 1.65. The van der Waals surface area contributed by atoms with E-state index >= 15 is 0 Å². The molecule has 2 rings (SSSR count). The molecule has 2 heterocycles. The molecule has 8 heteroatoms. The normalized spacial score (nSPS) is 12.3. The molecule has 0 aliphatic rings. The molecule has 1 atom stereocenters. The standard InChI is InChI=1S/C15H19N3O3S2/c1-4-6-18-14(20)13-11(5-7-22-13)17-15(18)23-9-12(19)16-10(2)8-21-3/h4-5,7,10H,1,6,8-9H2,2-3H3,(H,16,19)/t10-/m1/s1. The quantitative estimate of drug-likeness (QED) is 0.446. The van der Waals surface area contributed by atoms with Gasteiger partial charge in [-0.15, -0.1) is 17.9 Å². The highest BCUT2D eigenvalue weighted by Gasteiger charge is 2.14. The van der Waals surface area contributed by atoms with E-state index in [9.17, 15) is 9.59 Å². The number of carbonyl (C=O) groups is 1. The molecular weight excluding hydrogens is 334 g/mol. The van der Waals surface area contributed by atoms with Gasteiger partial charge in [-0.2, -0.15) is 0 Å². The fraction of sp³-hybridized carbons (Fsp3) is 0.400. The molecule has 0 aromatic carbocycles. The number of nitrogens with one attached hydrogen (secondary N) is 1. The summed E-state index contributed by atoms with van der Waals surface area (Å²) >= 11 is 2.61. The lowest BCUT2D eigenvalue weighted by molar-refractivity contribution is -0.119. The minimum atomic E-state index is -0.121. The van der Waals surface area contributed by atoms with Gasteiger partial charge in [0.05, 0.1) is 17.9 Å². The summed E-state index contributed by atoms with van der Waals surface area (Å²) in [5.41, 5.74) is 0.566. The second kappa shape index (κ2) is 8.28. The number of hydrogen-bond donors (Lipinski definition) is 1. The molecule has 0 fully saturated rings.